The van der Waals surface area contributed by atoms with Crippen molar-refractivity contribution < 1.29 is 9.47 Å². The van der Waals surface area contributed by atoms with Gasteiger partial charge in [-0.2, -0.15) is 0 Å². The van der Waals surface area contributed by atoms with Gasteiger partial charge in [-0.15, -0.1) is 11.3 Å². The Balaban J connectivity index is 1.40. The predicted molar refractivity (Wildman–Crippen MR) is 91.7 cm³/mol. The Hall–Kier alpha value is -0.490. The van der Waals surface area contributed by atoms with Crippen LogP contribution in [0.25, 0.3) is 0 Å². The number of aryl methyl sites for hydroxylation is 1. The Labute approximate surface area is 143 Å². The minimum Gasteiger partial charge on any atom is -0.380 e. The van der Waals surface area contributed by atoms with E-state index in [4.69, 9.17) is 9.47 Å². The molecule has 1 saturated carbocycles. The van der Waals surface area contributed by atoms with Crippen LogP contribution in [0.5, 0.6) is 0 Å². The zero-order valence-electron chi connectivity index (χ0n) is 14.1. The Morgan fingerprint density at radius 2 is 2.35 bits per heavy atom. The van der Waals surface area contributed by atoms with Crippen LogP contribution in [-0.2, 0) is 16.0 Å². The van der Waals surface area contributed by atoms with Gasteiger partial charge in [0.15, 0.2) is 0 Å². The Bertz CT molecular complexity index is 531. The molecule has 3 aliphatic rings. The highest BCUT2D eigenvalue weighted by molar-refractivity contribution is 7.09. The molecule has 4 nitrogen and oxygen atoms in total. The van der Waals surface area contributed by atoms with Crippen LogP contribution >= 0.6 is 11.3 Å². The van der Waals surface area contributed by atoms with Crippen LogP contribution in [0.4, 0.5) is 0 Å². The number of nitrogens with zero attached hydrogens (tertiary/aromatic N) is 2. The quantitative estimate of drug-likeness (QED) is 0.799. The third-order valence-electron chi connectivity index (χ3n) is 5.53. The van der Waals surface area contributed by atoms with Crippen molar-refractivity contribution in [1.82, 2.24) is 9.88 Å². The molecule has 0 N–H and O–H groups in total. The van der Waals surface area contributed by atoms with Gasteiger partial charge in [0.25, 0.3) is 0 Å². The first-order valence-electron chi connectivity index (χ1n) is 9.06. The number of likely N-dealkylation sites (tertiary alicyclic amines) is 1. The molecule has 1 aromatic heterocycles. The van der Waals surface area contributed by atoms with Gasteiger partial charge in [0.2, 0.25) is 0 Å². The smallest absolute Gasteiger partial charge is 0.107 e. The lowest BCUT2D eigenvalue weighted by Gasteiger charge is -2.50. The van der Waals surface area contributed by atoms with Crippen LogP contribution in [0.3, 0.4) is 0 Å². The van der Waals surface area contributed by atoms with Crippen molar-refractivity contribution in [3.63, 3.8) is 0 Å². The third kappa shape index (κ3) is 3.78. The van der Waals surface area contributed by atoms with E-state index in [9.17, 15) is 0 Å². The van der Waals surface area contributed by atoms with Crippen LogP contribution in [0, 0.1) is 18.3 Å². The van der Waals surface area contributed by atoms with Crippen molar-refractivity contribution in [2.45, 2.75) is 51.7 Å². The van der Waals surface area contributed by atoms with Gasteiger partial charge in [-0.1, -0.05) is 0 Å². The van der Waals surface area contributed by atoms with E-state index >= 15 is 0 Å². The second-order valence-electron chi connectivity index (χ2n) is 7.67. The van der Waals surface area contributed by atoms with Gasteiger partial charge in [-0.3, -0.25) is 4.90 Å². The molecular weight excluding hydrogens is 308 g/mol. The summed E-state index contributed by atoms with van der Waals surface area (Å²) in [6, 6.07) is 0. The predicted octanol–water partition coefficient (Wildman–Crippen LogP) is 3.25. The Kier molecular flexibility index (Phi) is 4.72. The number of hydrogen-bond donors (Lipinski definition) is 0. The maximum absolute atomic E-state index is 6.14. The standard InChI is InChI=1S/C18H28N2O2S/c1-14-11-23-17(19-14)9-20-7-5-16-18(12-20,6-2-8-22-16)13-21-10-15-3-4-15/h11,15-16H,2-10,12-13H2,1H3/t16-,18+/m0/s1. The molecule has 2 saturated heterocycles. The molecule has 23 heavy (non-hydrogen) atoms. The average Bonchev–Trinajstić information content (AvgIpc) is 3.28. The highest BCUT2D eigenvalue weighted by Gasteiger charge is 2.46. The lowest BCUT2D eigenvalue weighted by atomic mass is 9.73. The van der Waals surface area contributed by atoms with Gasteiger partial charge >= 0.3 is 0 Å². The van der Waals surface area contributed by atoms with Gasteiger partial charge in [0, 0.05) is 42.8 Å². The van der Waals surface area contributed by atoms with E-state index < -0.39 is 0 Å². The van der Waals surface area contributed by atoms with Gasteiger partial charge in [-0.05, 0) is 44.9 Å². The first-order chi connectivity index (χ1) is 11.2. The molecule has 0 bridgehead atoms. The molecule has 128 valence electrons. The Morgan fingerprint density at radius 3 is 3.13 bits per heavy atom. The van der Waals surface area contributed by atoms with E-state index in [1.54, 1.807) is 11.3 Å². The number of thiazole rings is 1. The molecule has 0 unspecified atom stereocenters. The molecule has 0 amide bonds. The van der Waals surface area contributed by atoms with Crippen LogP contribution in [-0.4, -0.2) is 48.9 Å². The van der Waals surface area contributed by atoms with Crippen molar-refractivity contribution in [3.05, 3.63) is 16.1 Å². The first-order valence-corrected chi connectivity index (χ1v) is 9.94. The fraction of sp³-hybridized carbons (Fsp3) is 0.833. The number of piperidine rings is 1. The Morgan fingerprint density at radius 1 is 1.43 bits per heavy atom. The maximum Gasteiger partial charge on any atom is 0.107 e. The minimum atomic E-state index is 0.206. The maximum atomic E-state index is 6.14. The third-order valence-corrected chi connectivity index (χ3v) is 6.48. The second kappa shape index (κ2) is 6.79. The minimum absolute atomic E-state index is 0.206. The van der Waals surface area contributed by atoms with Crippen LogP contribution in [0.15, 0.2) is 5.38 Å². The van der Waals surface area contributed by atoms with Gasteiger partial charge in [0.05, 0.1) is 19.3 Å². The summed E-state index contributed by atoms with van der Waals surface area (Å²) in [6.07, 6.45) is 6.68. The highest BCUT2D eigenvalue weighted by Crippen LogP contribution is 2.41. The summed E-state index contributed by atoms with van der Waals surface area (Å²) in [4.78, 5) is 7.21. The van der Waals surface area contributed by atoms with E-state index in [2.05, 4.69) is 22.2 Å². The van der Waals surface area contributed by atoms with Gasteiger partial charge < -0.3 is 9.47 Å². The zero-order valence-corrected chi connectivity index (χ0v) is 14.9. The zero-order chi connectivity index (χ0) is 15.7. The van der Waals surface area contributed by atoms with Crippen LogP contribution in [0.2, 0.25) is 0 Å². The van der Waals surface area contributed by atoms with E-state index in [-0.39, 0.29) is 5.41 Å². The highest BCUT2D eigenvalue weighted by atomic mass is 32.1. The molecule has 5 heteroatoms. The molecule has 0 radical (unpaired) electrons. The topological polar surface area (TPSA) is 34.6 Å². The molecular formula is C18H28N2O2S. The van der Waals surface area contributed by atoms with E-state index in [1.807, 2.05) is 0 Å². The average molecular weight is 337 g/mol. The van der Waals surface area contributed by atoms with E-state index in [1.165, 1.54) is 30.7 Å². The van der Waals surface area contributed by atoms with Crippen LogP contribution < -0.4 is 0 Å². The van der Waals surface area contributed by atoms with Crippen molar-refractivity contribution in [1.29, 1.82) is 0 Å². The molecule has 1 aromatic rings. The number of fused-ring (bicyclic) bond motifs is 1. The van der Waals surface area contributed by atoms with Crippen molar-refractivity contribution >= 4 is 11.3 Å². The molecule has 2 atom stereocenters. The lowest BCUT2D eigenvalue weighted by Crippen LogP contribution is -2.56. The fourth-order valence-corrected chi connectivity index (χ4v) is 4.92. The second-order valence-corrected chi connectivity index (χ2v) is 8.61. The molecule has 0 aromatic carbocycles. The van der Waals surface area contributed by atoms with Gasteiger partial charge in [0.1, 0.15) is 5.01 Å². The summed E-state index contributed by atoms with van der Waals surface area (Å²) in [5.74, 6) is 0.840. The molecule has 2 aliphatic heterocycles. The van der Waals surface area contributed by atoms with Crippen LogP contribution in [0.1, 0.15) is 42.8 Å². The molecule has 0 spiro atoms. The van der Waals surface area contributed by atoms with Gasteiger partial charge in [-0.25, -0.2) is 4.98 Å². The molecule has 1 aliphatic carbocycles. The largest absolute Gasteiger partial charge is 0.380 e. The summed E-state index contributed by atoms with van der Waals surface area (Å²) in [6.45, 7) is 8.04. The molecule has 3 heterocycles. The van der Waals surface area contributed by atoms with Crippen molar-refractivity contribution in [2.24, 2.45) is 11.3 Å². The summed E-state index contributed by atoms with van der Waals surface area (Å²) in [5.41, 5.74) is 1.35. The number of ether oxygens (including phenoxy) is 2. The number of rotatable bonds is 6. The summed E-state index contributed by atoms with van der Waals surface area (Å²) in [7, 11) is 0. The SMILES string of the molecule is Cc1csc(CN2CC[C@@H]3OCCC[C@]3(COCC3CC3)C2)n1. The van der Waals surface area contributed by atoms with Crippen molar-refractivity contribution in [3.8, 4) is 0 Å². The fourth-order valence-electron chi connectivity index (χ4n) is 4.11. The van der Waals surface area contributed by atoms with E-state index in [0.717, 1.165) is 57.5 Å². The number of hydrogen-bond acceptors (Lipinski definition) is 5. The normalized spacial score (nSPS) is 32.0. The summed E-state index contributed by atoms with van der Waals surface area (Å²) in [5, 5.41) is 3.40. The summed E-state index contributed by atoms with van der Waals surface area (Å²) < 4.78 is 12.3. The van der Waals surface area contributed by atoms with E-state index in [0.29, 0.717) is 6.10 Å². The lowest BCUT2D eigenvalue weighted by molar-refractivity contribution is -0.154. The molecule has 3 fully saturated rings. The molecule has 4 rings (SSSR count). The number of aromatic nitrogens is 1. The summed E-state index contributed by atoms with van der Waals surface area (Å²) >= 11 is 1.79. The monoisotopic (exact) mass is 336 g/mol. The van der Waals surface area contributed by atoms with Crippen molar-refractivity contribution in [2.75, 3.05) is 32.9 Å². The first kappa shape index (κ1) is 16.0.